The third kappa shape index (κ3) is 4.08. The number of hydrogen-bond acceptors (Lipinski definition) is 3. The molecule has 0 heterocycles. The minimum absolute atomic E-state index is 0.167. The molecule has 0 aliphatic heterocycles. The Morgan fingerprint density at radius 3 is 2.68 bits per heavy atom. The molecule has 1 unspecified atom stereocenters. The fraction of sp³-hybridized carbons (Fsp3) is 0.231. The fourth-order valence-electron chi connectivity index (χ4n) is 1.28. The van der Waals surface area contributed by atoms with Crippen molar-refractivity contribution in [2.24, 2.45) is 11.5 Å². The minimum Gasteiger partial charge on any atom is -0.368 e. The van der Waals surface area contributed by atoms with Crippen LogP contribution in [0.2, 0.25) is 0 Å². The lowest BCUT2D eigenvalue weighted by Gasteiger charge is -2.10. The Morgan fingerprint density at radius 2 is 2.16 bits per heavy atom. The number of carbonyl (C=O) groups is 2. The van der Waals surface area contributed by atoms with Gasteiger partial charge in [0.15, 0.2) is 0 Å². The highest BCUT2D eigenvalue weighted by atomic mass is 19.1. The second-order valence-corrected chi connectivity index (χ2v) is 3.80. The lowest BCUT2D eigenvalue weighted by molar-refractivity contribution is -0.119. The second kappa shape index (κ2) is 6.52. The van der Waals surface area contributed by atoms with Crippen molar-refractivity contribution in [3.8, 4) is 11.8 Å². The summed E-state index contributed by atoms with van der Waals surface area (Å²) < 4.78 is 13.7. The van der Waals surface area contributed by atoms with Crippen LogP contribution < -0.4 is 16.8 Å². The molecule has 0 aliphatic rings. The lowest BCUT2D eigenvalue weighted by Crippen LogP contribution is -2.42. The normalized spacial score (nSPS) is 11.1. The van der Waals surface area contributed by atoms with Gasteiger partial charge in [0, 0.05) is 5.56 Å². The number of nitrogens with one attached hydrogen (secondary N) is 1. The predicted molar refractivity (Wildman–Crippen MR) is 68.5 cm³/mol. The summed E-state index contributed by atoms with van der Waals surface area (Å²) in [5.74, 6) is 3.10. The predicted octanol–water partition coefficient (Wildman–Crippen LogP) is -0.260. The van der Waals surface area contributed by atoms with Crippen LogP contribution in [-0.2, 0) is 4.79 Å². The van der Waals surface area contributed by atoms with Gasteiger partial charge < -0.3 is 16.8 Å². The number of halogens is 1. The van der Waals surface area contributed by atoms with E-state index < -0.39 is 23.7 Å². The summed E-state index contributed by atoms with van der Waals surface area (Å²) in [5.41, 5.74) is 10.4. The Morgan fingerprint density at radius 1 is 1.47 bits per heavy atom. The van der Waals surface area contributed by atoms with E-state index in [1.54, 1.807) is 0 Å². The van der Waals surface area contributed by atoms with Gasteiger partial charge in [-0.3, -0.25) is 9.59 Å². The van der Waals surface area contributed by atoms with Gasteiger partial charge in [-0.2, -0.15) is 0 Å². The zero-order valence-corrected chi connectivity index (χ0v) is 10.4. The Labute approximate surface area is 110 Å². The van der Waals surface area contributed by atoms with E-state index in [0.29, 0.717) is 5.56 Å². The molecule has 1 aromatic carbocycles. The summed E-state index contributed by atoms with van der Waals surface area (Å²) >= 11 is 0. The summed E-state index contributed by atoms with van der Waals surface area (Å²) in [6.45, 7) is 1.58. The van der Waals surface area contributed by atoms with Gasteiger partial charge in [-0.15, -0.1) is 0 Å². The maximum atomic E-state index is 13.7. The number of benzene rings is 1. The number of primary amides is 1. The molecule has 0 radical (unpaired) electrons. The summed E-state index contributed by atoms with van der Waals surface area (Å²) in [6, 6.07) is 3.05. The van der Waals surface area contributed by atoms with E-state index >= 15 is 0 Å². The highest BCUT2D eigenvalue weighted by Crippen LogP contribution is 2.10. The molecule has 0 aromatic heterocycles. The third-order valence-electron chi connectivity index (χ3n) is 2.32. The number of hydrogen-bond donors (Lipinski definition) is 3. The van der Waals surface area contributed by atoms with Gasteiger partial charge in [0.25, 0.3) is 5.91 Å². The molecular weight excluding hydrogens is 249 g/mol. The molecule has 1 atom stereocenters. The van der Waals surface area contributed by atoms with E-state index in [1.807, 2.05) is 0 Å². The van der Waals surface area contributed by atoms with Crippen LogP contribution in [0.4, 0.5) is 4.39 Å². The molecular formula is C13H14FN3O2. The van der Waals surface area contributed by atoms with Crippen molar-refractivity contribution < 1.29 is 14.0 Å². The molecule has 5 nitrogen and oxygen atoms in total. The monoisotopic (exact) mass is 263 g/mol. The van der Waals surface area contributed by atoms with E-state index in [0.717, 1.165) is 6.07 Å². The summed E-state index contributed by atoms with van der Waals surface area (Å²) in [5, 5.41) is 2.29. The van der Waals surface area contributed by atoms with Crippen LogP contribution in [0.1, 0.15) is 22.8 Å². The molecule has 0 aliphatic carbocycles. The Kier molecular flexibility index (Phi) is 5.03. The van der Waals surface area contributed by atoms with Crippen molar-refractivity contribution in [3.63, 3.8) is 0 Å². The number of rotatable bonds is 3. The van der Waals surface area contributed by atoms with E-state index in [9.17, 15) is 14.0 Å². The average Bonchev–Trinajstić information content (AvgIpc) is 2.35. The van der Waals surface area contributed by atoms with E-state index in [4.69, 9.17) is 11.5 Å². The second-order valence-electron chi connectivity index (χ2n) is 3.80. The maximum absolute atomic E-state index is 13.7. The van der Waals surface area contributed by atoms with Crippen molar-refractivity contribution in [3.05, 3.63) is 35.1 Å². The van der Waals surface area contributed by atoms with Gasteiger partial charge in [-0.1, -0.05) is 11.8 Å². The molecule has 6 heteroatoms. The first-order valence-corrected chi connectivity index (χ1v) is 5.54. The van der Waals surface area contributed by atoms with E-state index in [2.05, 4.69) is 17.2 Å². The molecule has 0 saturated heterocycles. The van der Waals surface area contributed by atoms with Crippen LogP contribution >= 0.6 is 0 Å². The van der Waals surface area contributed by atoms with Gasteiger partial charge in [0.1, 0.15) is 11.9 Å². The van der Waals surface area contributed by atoms with Crippen LogP contribution in [0.5, 0.6) is 0 Å². The molecule has 19 heavy (non-hydrogen) atoms. The van der Waals surface area contributed by atoms with Crippen LogP contribution in [0.3, 0.4) is 0 Å². The largest absolute Gasteiger partial charge is 0.368 e. The molecule has 0 saturated carbocycles. The first-order chi connectivity index (χ1) is 8.95. The van der Waals surface area contributed by atoms with Crippen LogP contribution in [0, 0.1) is 17.7 Å². The van der Waals surface area contributed by atoms with Crippen molar-refractivity contribution in [2.75, 3.05) is 6.54 Å². The standard InChI is InChI=1S/C13H14FN3O2/c1-8(12(16)18)17-13(19)10-5-4-9(3-2-6-15)7-11(10)14/h4-5,7-8H,6,15H2,1H3,(H2,16,18)(H,17,19). The topological polar surface area (TPSA) is 98.2 Å². The Bertz CT molecular complexity index is 561. The number of amides is 2. The van der Waals surface area contributed by atoms with Gasteiger partial charge in [0.05, 0.1) is 12.1 Å². The molecule has 1 rings (SSSR count). The van der Waals surface area contributed by atoms with Crippen LogP contribution in [0.15, 0.2) is 18.2 Å². The van der Waals surface area contributed by atoms with E-state index in [-0.39, 0.29) is 12.1 Å². The van der Waals surface area contributed by atoms with Crippen molar-refractivity contribution in [1.29, 1.82) is 0 Å². The molecule has 0 fully saturated rings. The summed E-state index contributed by atoms with van der Waals surface area (Å²) in [4.78, 5) is 22.5. The first-order valence-electron chi connectivity index (χ1n) is 5.54. The molecule has 100 valence electrons. The lowest BCUT2D eigenvalue weighted by atomic mass is 10.1. The van der Waals surface area contributed by atoms with Gasteiger partial charge in [0.2, 0.25) is 5.91 Å². The zero-order chi connectivity index (χ0) is 14.4. The van der Waals surface area contributed by atoms with E-state index in [1.165, 1.54) is 19.1 Å². The van der Waals surface area contributed by atoms with Gasteiger partial charge >= 0.3 is 0 Å². The van der Waals surface area contributed by atoms with Crippen LogP contribution in [-0.4, -0.2) is 24.4 Å². The van der Waals surface area contributed by atoms with Crippen molar-refractivity contribution in [2.45, 2.75) is 13.0 Å². The van der Waals surface area contributed by atoms with Crippen molar-refractivity contribution in [1.82, 2.24) is 5.32 Å². The maximum Gasteiger partial charge on any atom is 0.254 e. The van der Waals surface area contributed by atoms with Crippen molar-refractivity contribution >= 4 is 11.8 Å². The molecule has 2 amide bonds. The highest BCUT2D eigenvalue weighted by molar-refractivity contribution is 5.97. The molecule has 1 aromatic rings. The average molecular weight is 263 g/mol. The minimum atomic E-state index is -0.872. The molecule has 0 spiro atoms. The molecule has 5 N–H and O–H groups in total. The first kappa shape index (κ1) is 14.7. The Hall–Kier alpha value is -2.39. The molecule has 0 bridgehead atoms. The Balaban J connectivity index is 2.90. The van der Waals surface area contributed by atoms with Gasteiger partial charge in [-0.25, -0.2) is 4.39 Å². The number of carbonyl (C=O) groups excluding carboxylic acids is 2. The fourth-order valence-corrected chi connectivity index (χ4v) is 1.28. The quantitative estimate of drug-likeness (QED) is 0.655. The summed E-state index contributed by atoms with van der Waals surface area (Å²) in [7, 11) is 0. The highest BCUT2D eigenvalue weighted by Gasteiger charge is 2.16. The number of nitrogens with two attached hydrogens (primary N) is 2. The third-order valence-corrected chi connectivity index (χ3v) is 2.32. The summed E-state index contributed by atoms with van der Waals surface area (Å²) in [6.07, 6.45) is 0. The van der Waals surface area contributed by atoms with Gasteiger partial charge in [-0.05, 0) is 25.1 Å². The smallest absolute Gasteiger partial charge is 0.254 e. The SMILES string of the molecule is CC(NC(=O)c1ccc(C#CCN)cc1F)C(N)=O. The zero-order valence-electron chi connectivity index (χ0n) is 10.4. The van der Waals surface area contributed by atoms with Crippen LogP contribution in [0.25, 0.3) is 0 Å².